The van der Waals surface area contributed by atoms with Crippen LogP contribution < -0.4 is 0 Å². The molecule has 6 nitrogen and oxygen atoms in total. The molecule has 0 amide bonds. The van der Waals surface area contributed by atoms with E-state index in [1.165, 1.54) is 0 Å². The number of hydrogen-bond acceptors (Lipinski definition) is 5. The third-order valence-electron chi connectivity index (χ3n) is 3.32. The van der Waals surface area contributed by atoms with E-state index in [1.54, 1.807) is 22.9 Å². The van der Waals surface area contributed by atoms with Crippen molar-refractivity contribution in [2.24, 2.45) is 0 Å². The summed E-state index contributed by atoms with van der Waals surface area (Å²) in [5.41, 5.74) is 1.46. The van der Waals surface area contributed by atoms with E-state index in [1.807, 2.05) is 0 Å². The van der Waals surface area contributed by atoms with Crippen molar-refractivity contribution < 1.29 is 13.5 Å². The second kappa shape index (κ2) is 3.94. The molecule has 3 rings (SSSR count). The molecule has 1 aromatic carbocycles. The smallest absolute Gasteiger partial charge is 0.150 e. The predicted molar refractivity (Wildman–Crippen MR) is 66.1 cm³/mol. The van der Waals surface area contributed by atoms with Crippen LogP contribution >= 0.6 is 0 Å². The molecule has 0 spiro atoms. The molecule has 0 atom stereocenters. The first-order valence-electron chi connectivity index (χ1n) is 5.79. The Hall–Kier alpha value is -1.63. The number of benzene rings is 1. The van der Waals surface area contributed by atoms with Crippen LogP contribution in [-0.2, 0) is 9.84 Å². The summed E-state index contributed by atoms with van der Waals surface area (Å²) in [6.07, 6.45) is 1.10. The van der Waals surface area contributed by atoms with Gasteiger partial charge in [-0.25, -0.2) is 13.1 Å². The molecular formula is C11H13N3O3S. The zero-order valence-electron chi connectivity index (χ0n) is 9.65. The van der Waals surface area contributed by atoms with Gasteiger partial charge < -0.3 is 5.11 Å². The van der Waals surface area contributed by atoms with Gasteiger partial charge in [-0.3, -0.25) is 0 Å². The van der Waals surface area contributed by atoms with Crippen LogP contribution in [0.2, 0.25) is 0 Å². The van der Waals surface area contributed by atoms with Gasteiger partial charge in [0, 0.05) is 6.07 Å². The molecule has 1 N–H and O–H groups in total. The number of rotatable bonds is 1. The number of aromatic hydroxyl groups is 1. The highest BCUT2D eigenvalue weighted by molar-refractivity contribution is 7.91. The Morgan fingerprint density at radius 1 is 1.28 bits per heavy atom. The minimum absolute atomic E-state index is 0.0420. The molecule has 18 heavy (non-hydrogen) atoms. The Labute approximate surface area is 104 Å². The van der Waals surface area contributed by atoms with Gasteiger partial charge in [0.15, 0.2) is 0 Å². The maximum atomic E-state index is 11.4. The summed E-state index contributed by atoms with van der Waals surface area (Å²) in [6.45, 7) is 0. The molecule has 96 valence electrons. The van der Waals surface area contributed by atoms with Crippen molar-refractivity contribution in [3.8, 4) is 5.75 Å². The normalized spacial score (nSPS) is 20.2. The summed E-state index contributed by atoms with van der Waals surface area (Å²) in [5, 5.41) is 17.6. The van der Waals surface area contributed by atoms with Gasteiger partial charge in [-0.15, -0.1) is 5.10 Å². The number of phenols is 1. The summed E-state index contributed by atoms with van der Waals surface area (Å²) in [4.78, 5) is 0. The molecule has 1 fully saturated rings. The Balaban J connectivity index is 1.98. The van der Waals surface area contributed by atoms with Crippen LogP contribution in [0.3, 0.4) is 0 Å². The van der Waals surface area contributed by atoms with E-state index < -0.39 is 9.84 Å². The second-order valence-electron chi connectivity index (χ2n) is 4.59. The Kier molecular flexibility index (Phi) is 2.51. The summed E-state index contributed by atoms with van der Waals surface area (Å²) in [7, 11) is -2.88. The topological polar surface area (TPSA) is 85.1 Å². The van der Waals surface area contributed by atoms with Crippen LogP contribution in [0.1, 0.15) is 18.9 Å². The highest BCUT2D eigenvalue weighted by Crippen LogP contribution is 2.27. The van der Waals surface area contributed by atoms with Gasteiger partial charge in [0.25, 0.3) is 0 Å². The Morgan fingerprint density at radius 2 is 2.00 bits per heavy atom. The van der Waals surface area contributed by atoms with E-state index in [0.717, 1.165) is 5.52 Å². The second-order valence-corrected chi connectivity index (χ2v) is 6.89. The van der Waals surface area contributed by atoms with Gasteiger partial charge in [-0.1, -0.05) is 5.21 Å². The molecule has 1 aromatic heterocycles. The highest BCUT2D eigenvalue weighted by atomic mass is 32.2. The summed E-state index contributed by atoms with van der Waals surface area (Å²) in [5.74, 6) is 0.546. The first-order chi connectivity index (χ1) is 8.55. The molecule has 0 unspecified atom stereocenters. The molecule has 2 aromatic rings. The molecule has 0 bridgehead atoms. The lowest BCUT2D eigenvalue weighted by Crippen LogP contribution is -2.26. The van der Waals surface area contributed by atoms with E-state index >= 15 is 0 Å². The van der Waals surface area contributed by atoms with Gasteiger partial charge >= 0.3 is 0 Å². The molecule has 1 saturated heterocycles. The number of aromatic nitrogens is 3. The first-order valence-corrected chi connectivity index (χ1v) is 7.62. The number of phenolic OH excluding ortho intramolecular Hbond substituents is 1. The fraction of sp³-hybridized carbons (Fsp3) is 0.455. The van der Waals surface area contributed by atoms with Crippen molar-refractivity contribution in [1.82, 2.24) is 15.0 Å². The highest BCUT2D eigenvalue weighted by Gasteiger charge is 2.26. The predicted octanol–water partition coefficient (Wildman–Crippen LogP) is 0.887. The largest absolute Gasteiger partial charge is 0.508 e. The summed E-state index contributed by atoms with van der Waals surface area (Å²) >= 11 is 0. The van der Waals surface area contributed by atoms with Crippen LogP contribution in [0.25, 0.3) is 11.0 Å². The molecule has 2 heterocycles. The fourth-order valence-corrected chi connectivity index (χ4v) is 3.78. The zero-order valence-corrected chi connectivity index (χ0v) is 10.5. The lowest BCUT2D eigenvalue weighted by Gasteiger charge is -2.22. The minimum atomic E-state index is -2.88. The minimum Gasteiger partial charge on any atom is -0.508 e. The monoisotopic (exact) mass is 267 g/mol. The number of nitrogens with zero attached hydrogens (tertiary/aromatic N) is 3. The number of hydrogen-bond donors (Lipinski definition) is 1. The summed E-state index contributed by atoms with van der Waals surface area (Å²) < 4.78 is 24.5. The fourth-order valence-electron chi connectivity index (χ4n) is 2.32. The average Bonchev–Trinajstić information content (AvgIpc) is 2.72. The number of fused-ring (bicyclic) bond motifs is 1. The van der Waals surface area contributed by atoms with Crippen molar-refractivity contribution in [3.05, 3.63) is 18.2 Å². The first kappa shape index (κ1) is 11.5. The van der Waals surface area contributed by atoms with E-state index in [9.17, 15) is 13.5 Å². The van der Waals surface area contributed by atoms with Gasteiger partial charge in [0.1, 0.15) is 21.1 Å². The van der Waals surface area contributed by atoms with E-state index in [0.29, 0.717) is 18.4 Å². The van der Waals surface area contributed by atoms with Crippen LogP contribution in [-0.4, -0.2) is 40.0 Å². The van der Waals surface area contributed by atoms with Crippen LogP contribution in [0.15, 0.2) is 18.2 Å². The molecule has 1 aliphatic heterocycles. The van der Waals surface area contributed by atoms with Crippen molar-refractivity contribution in [1.29, 1.82) is 0 Å². The third-order valence-corrected chi connectivity index (χ3v) is 5.04. The van der Waals surface area contributed by atoms with Crippen LogP contribution in [0.5, 0.6) is 5.75 Å². The quantitative estimate of drug-likeness (QED) is 0.829. The zero-order chi connectivity index (χ0) is 12.8. The van der Waals surface area contributed by atoms with Gasteiger partial charge in [-0.05, 0) is 25.0 Å². The molecule has 0 aliphatic carbocycles. The van der Waals surface area contributed by atoms with E-state index in [-0.39, 0.29) is 23.3 Å². The summed E-state index contributed by atoms with van der Waals surface area (Å²) in [6, 6.07) is 4.92. The van der Waals surface area contributed by atoms with Gasteiger partial charge in [-0.2, -0.15) is 0 Å². The molecule has 1 aliphatic rings. The molecule has 0 saturated carbocycles. The lowest BCUT2D eigenvalue weighted by atomic mass is 10.1. The molecular weight excluding hydrogens is 254 g/mol. The van der Waals surface area contributed by atoms with E-state index in [2.05, 4.69) is 10.3 Å². The van der Waals surface area contributed by atoms with Gasteiger partial charge in [0.2, 0.25) is 0 Å². The molecule has 7 heteroatoms. The van der Waals surface area contributed by atoms with Crippen molar-refractivity contribution in [2.75, 3.05) is 11.5 Å². The van der Waals surface area contributed by atoms with Crippen molar-refractivity contribution >= 4 is 20.9 Å². The van der Waals surface area contributed by atoms with Crippen LogP contribution in [0, 0.1) is 0 Å². The van der Waals surface area contributed by atoms with Crippen LogP contribution in [0.4, 0.5) is 0 Å². The third kappa shape index (κ3) is 1.94. The standard InChI is InChI=1S/C11H13N3O3S/c15-9-1-2-10-11(7-9)14(13-12-10)8-3-5-18(16,17)6-4-8/h1-2,7-8,15H,3-6H2. The average molecular weight is 267 g/mol. The van der Waals surface area contributed by atoms with Crippen molar-refractivity contribution in [3.63, 3.8) is 0 Å². The SMILES string of the molecule is O=S1(=O)CCC(n2nnc3ccc(O)cc32)CC1. The maximum Gasteiger partial charge on any atom is 0.150 e. The number of sulfone groups is 1. The maximum absolute atomic E-state index is 11.4. The lowest BCUT2D eigenvalue weighted by molar-refractivity contribution is 0.414. The Morgan fingerprint density at radius 3 is 2.72 bits per heavy atom. The van der Waals surface area contributed by atoms with Gasteiger partial charge in [0.05, 0.1) is 23.1 Å². The molecule has 0 radical (unpaired) electrons. The Bertz CT molecular complexity index is 679. The van der Waals surface area contributed by atoms with Crippen molar-refractivity contribution in [2.45, 2.75) is 18.9 Å². The van der Waals surface area contributed by atoms with E-state index in [4.69, 9.17) is 0 Å².